The molecule has 3 atom stereocenters. The lowest BCUT2D eigenvalue weighted by molar-refractivity contribution is -0.146. The lowest BCUT2D eigenvalue weighted by Crippen LogP contribution is -2.40. The van der Waals surface area contributed by atoms with Gasteiger partial charge >= 0.3 is 19.7 Å². The summed E-state index contributed by atoms with van der Waals surface area (Å²) in [7, 11) is -4.25. The zero-order chi connectivity index (χ0) is 31.7. The highest BCUT2D eigenvalue weighted by Gasteiger charge is 2.43. The van der Waals surface area contributed by atoms with Crippen molar-refractivity contribution in [1.82, 2.24) is 10.6 Å². The number of ether oxygens (including phenoxy) is 1. The summed E-state index contributed by atoms with van der Waals surface area (Å²) in [5, 5.41) is 15.2. The van der Waals surface area contributed by atoms with Crippen LogP contribution in [0.4, 0.5) is 4.79 Å². The predicted molar refractivity (Wildman–Crippen MR) is 161 cm³/mol. The number of hydrogen-bond acceptors (Lipinski definition) is 8. The molecular formula is C31H43N2O9P. The van der Waals surface area contributed by atoms with E-state index in [1.54, 1.807) is 38.1 Å². The van der Waals surface area contributed by atoms with Crippen molar-refractivity contribution in [3.8, 4) is 0 Å². The van der Waals surface area contributed by atoms with Gasteiger partial charge in [0.25, 0.3) is 0 Å². The number of rotatable bonds is 20. The van der Waals surface area contributed by atoms with Crippen LogP contribution in [-0.4, -0.2) is 47.3 Å². The summed E-state index contributed by atoms with van der Waals surface area (Å²) in [4.78, 5) is 48.1. The summed E-state index contributed by atoms with van der Waals surface area (Å²) in [6, 6.07) is 18.1. The number of unbranched alkanes of at least 4 members (excludes halogenated alkanes) is 1. The highest BCUT2D eigenvalue weighted by atomic mass is 31.2. The van der Waals surface area contributed by atoms with E-state index >= 15 is 0 Å². The number of carboxylic acids is 1. The molecule has 0 spiro atoms. The van der Waals surface area contributed by atoms with Gasteiger partial charge in [-0.1, -0.05) is 74.5 Å². The zero-order valence-corrected chi connectivity index (χ0v) is 25.9. The third-order valence-corrected chi connectivity index (χ3v) is 8.84. The van der Waals surface area contributed by atoms with Gasteiger partial charge < -0.3 is 29.8 Å². The van der Waals surface area contributed by atoms with Crippen molar-refractivity contribution in [2.24, 2.45) is 5.92 Å². The van der Waals surface area contributed by atoms with Gasteiger partial charge in [-0.2, -0.15) is 0 Å². The van der Waals surface area contributed by atoms with E-state index in [9.17, 15) is 28.8 Å². The minimum Gasteiger partial charge on any atom is -0.479 e. The van der Waals surface area contributed by atoms with Crippen molar-refractivity contribution >= 4 is 31.3 Å². The molecule has 12 heteroatoms. The standard InChI is InChI=1S/C31H43N2O9P/c1-23(2)29(33-28(35)19-12-13-24(3)34)43(39,41-22-26-16-8-5-9-17-26)42-27(30(36)37)18-10-11-20-32-31(38)40-21-25-14-6-4-7-15-25/h4-9,14-17,23,27,29H,10-13,18-22H2,1-3H3,(H,32,38)(H,33,35)(H,36,37)/t27?,29-,43?/m0/s1. The molecule has 0 aliphatic carbocycles. The number of ketones is 1. The van der Waals surface area contributed by atoms with Crippen LogP contribution in [0.5, 0.6) is 0 Å². The van der Waals surface area contributed by atoms with Gasteiger partial charge in [-0.3, -0.25) is 13.9 Å². The van der Waals surface area contributed by atoms with Crippen LogP contribution in [-0.2, 0) is 45.9 Å². The van der Waals surface area contributed by atoms with Crippen molar-refractivity contribution in [2.75, 3.05) is 6.54 Å². The fourth-order valence-corrected chi connectivity index (χ4v) is 6.34. The van der Waals surface area contributed by atoms with Gasteiger partial charge in [0.1, 0.15) is 18.2 Å². The number of carbonyl (C=O) groups excluding carboxylic acids is 3. The third-order valence-electron chi connectivity index (χ3n) is 6.39. The van der Waals surface area contributed by atoms with Crippen molar-refractivity contribution < 1.29 is 42.6 Å². The summed E-state index contributed by atoms with van der Waals surface area (Å²) in [5.74, 6) is -3.36. The number of Topliss-reactive ketones (excluding diaryl/α,β-unsaturated/α-hetero) is 1. The first-order chi connectivity index (χ1) is 20.5. The average molecular weight is 619 g/mol. The Morgan fingerprint density at radius 1 is 0.860 bits per heavy atom. The molecule has 2 aromatic rings. The largest absolute Gasteiger partial charge is 0.479 e. The molecule has 0 radical (unpaired) electrons. The van der Waals surface area contributed by atoms with Crippen LogP contribution in [0.2, 0.25) is 0 Å². The quantitative estimate of drug-likeness (QED) is 0.123. The summed E-state index contributed by atoms with van der Waals surface area (Å²) >= 11 is 0. The minimum absolute atomic E-state index is 0.00780. The SMILES string of the molecule is CC(=O)CCCC(=O)N[C@H](C(C)C)P(=O)(OCc1ccccc1)OC(CCCCNC(=O)OCc1ccccc1)C(=O)O. The van der Waals surface area contributed by atoms with Crippen LogP contribution < -0.4 is 10.6 Å². The van der Waals surface area contributed by atoms with E-state index in [2.05, 4.69) is 10.6 Å². The van der Waals surface area contributed by atoms with Gasteiger partial charge in [-0.25, -0.2) is 9.59 Å². The Hall–Kier alpha value is -3.53. The second kappa shape index (κ2) is 18.9. The van der Waals surface area contributed by atoms with Gasteiger partial charge in [0.2, 0.25) is 5.91 Å². The Labute approximate surface area is 253 Å². The van der Waals surface area contributed by atoms with E-state index < -0.39 is 43.4 Å². The first kappa shape index (κ1) is 35.7. The van der Waals surface area contributed by atoms with Crippen LogP contribution in [0.25, 0.3) is 0 Å². The number of hydrogen-bond donors (Lipinski definition) is 3. The van der Waals surface area contributed by atoms with E-state index in [4.69, 9.17) is 13.8 Å². The second-order valence-electron chi connectivity index (χ2n) is 10.5. The molecule has 11 nitrogen and oxygen atoms in total. The van der Waals surface area contributed by atoms with Crippen LogP contribution in [0.15, 0.2) is 60.7 Å². The Kier molecular flexibility index (Phi) is 15.7. The maximum Gasteiger partial charge on any atom is 0.407 e. The molecule has 0 bridgehead atoms. The summed E-state index contributed by atoms with van der Waals surface area (Å²) in [5.41, 5.74) is 1.55. The molecule has 0 aliphatic heterocycles. The van der Waals surface area contributed by atoms with Crippen LogP contribution in [0.1, 0.15) is 70.4 Å². The van der Waals surface area contributed by atoms with E-state index in [0.29, 0.717) is 24.8 Å². The maximum atomic E-state index is 14.3. The van der Waals surface area contributed by atoms with Gasteiger partial charge in [0.15, 0.2) is 6.10 Å². The molecule has 3 N–H and O–H groups in total. The second-order valence-corrected chi connectivity index (χ2v) is 12.6. The molecule has 0 heterocycles. The molecule has 0 saturated heterocycles. The van der Waals surface area contributed by atoms with Crippen molar-refractivity contribution in [1.29, 1.82) is 0 Å². The smallest absolute Gasteiger partial charge is 0.407 e. The maximum absolute atomic E-state index is 14.3. The summed E-state index contributed by atoms with van der Waals surface area (Å²) < 4.78 is 31.0. The van der Waals surface area contributed by atoms with Crippen molar-refractivity contribution in [3.05, 3.63) is 71.8 Å². The highest BCUT2D eigenvalue weighted by Crippen LogP contribution is 2.56. The van der Waals surface area contributed by atoms with Crippen molar-refractivity contribution in [3.63, 3.8) is 0 Å². The molecule has 2 aromatic carbocycles. The molecule has 0 fully saturated rings. The molecule has 43 heavy (non-hydrogen) atoms. The minimum atomic E-state index is -4.25. The summed E-state index contributed by atoms with van der Waals surface area (Å²) in [6.07, 6.45) is -0.736. The van der Waals surface area contributed by atoms with E-state index in [1.165, 1.54) is 6.92 Å². The normalized spacial score (nSPS) is 13.9. The average Bonchev–Trinajstić information content (AvgIpc) is 2.97. The number of aliphatic carboxylic acids is 1. The van der Waals surface area contributed by atoms with Gasteiger partial charge in [-0.15, -0.1) is 0 Å². The first-order valence-electron chi connectivity index (χ1n) is 14.4. The number of benzene rings is 2. The number of alkyl carbamates (subject to hydrolysis) is 1. The molecule has 2 rings (SSSR count). The van der Waals surface area contributed by atoms with Crippen LogP contribution >= 0.6 is 7.60 Å². The van der Waals surface area contributed by atoms with Gasteiger partial charge in [0.05, 0.1) is 6.61 Å². The molecule has 2 amide bonds. The first-order valence-corrected chi connectivity index (χ1v) is 16.0. The zero-order valence-electron chi connectivity index (χ0n) is 25.0. The van der Waals surface area contributed by atoms with E-state index in [-0.39, 0.29) is 44.8 Å². The molecule has 236 valence electrons. The number of amides is 2. The summed E-state index contributed by atoms with van der Waals surface area (Å²) in [6.45, 7) is 5.13. The van der Waals surface area contributed by atoms with Gasteiger partial charge in [0, 0.05) is 19.4 Å². The number of nitrogens with one attached hydrogen (secondary N) is 2. The molecule has 0 saturated carbocycles. The Bertz CT molecular complexity index is 1210. The molecule has 0 aromatic heterocycles. The van der Waals surface area contributed by atoms with E-state index in [1.807, 2.05) is 36.4 Å². The monoisotopic (exact) mass is 618 g/mol. The van der Waals surface area contributed by atoms with E-state index in [0.717, 1.165) is 5.56 Å². The Morgan fingerprint density at radius 2 is 1.47 bits per heavy atom. The molecule has 2 unspecified atom stereocenters. The fourth-order valence-electron chi connectivity index (χ4n) is 4.08. The molecule has 0 aliphatic rings. The third kappa shape index (κ3) is 14.0. The number of carboxylic acid groups (broad SMARTS) is 1. The Morgan fingerprint density at radius 3 is 2.02 bits per heavy atom. The predicted octanol–water partition coefficient (Wildman–Crippen LogP) is 5.82. The topological polar surface area (TPSA) is 157 Å². The van der Waals surface area contributed by atoms with Gasteiger partial charge in [-0.05, 0) is 49.7 Å². The van der Waals surface area contributed by atoms with Crippen LogP contribution in [0.3, 0.4) is 0 Å². The highest BCUT2D eigenvalue weighted by molar-refractivity contribution is 7.54. The van der Waals surface area contributed by atoms with Crippen LogP contribution in [0, 0.1) is 5.92 Å². The van der Waals surface area contributed by atoms with Crippen molar-refractivity contribution in [2.45, 2.75) is 84.4 Å². The molecular weight excluding hydrogens is 575 g/mol. The Balaban J connectivity index is 2.02. The lowest BCUT2D eigenvalue weighted by atomic mass is 10.1. The lowest BCUT2D eigenvalue weighted by Gasteiger charge is -2.32. The number of carbonyl (C=O) groups is 4. The fraction of sp³-hybridized carbons (Fsp3) is 0.484.